The summed E-state index contributed by atoms with van der Waals surface area (Å²) in [5, 5.41) is 3.42. The number of hydrogen-bond acceptors (Lipinski definition) is 4. The topological polar surface area (TPSA) is 58.6 Å². The molecule has 0 fully saturated rings. The largest absolute Gasteiger partial charge is 0.497 e. The first kappa shape index (κ1) is 25.7. The predicted octanol–water partition coefficient (Wildman–Crippen LogP) is 5.22. The molecular weight excluding hydrogens is 468 g/mol. The third kappa shape index (κ3) is 7.54. The maximum absolute atomic E-state index is 13.5. The monoisotopic (exact) mass is 496 g/mol. The van der Waals surface area contributed by atoms with Gasteiger partial charge in [0.15, 0.2) is 0 Å². The zero-order valence-electron chi connectivity index (χ0n) is 19.4. The Kier molecular flexibility index (Phi) is 9.86. The van der Waals surface area contributed by atoms with Gasteiger partial charge in [0.05, 0.1) is 7.11 Å². The predicted molar refractivity (Wildman–Crippen MR) is 138 cm³/mol. The van der Waals surface area contributed by atoms with Crippen molar-refractivity contribution in [2.45, 2.75) is 30.3 Å². The number of benzene rings is 3. The Morgan fingerprint density at radius 1 is 1.00 bits per heavy atom. The maximum Gasteiger partial charge on any atom is 0.242 e. The van der Waals surface area contributed by atoms with Gasteiger partial charge in [-0.05, 0) is 47.5 Å². The Morgan fingerprint density at radius 2 is 1.71 bits per heavy atom. The zero-order valence-corrected chi connectivity index (χ0v) is 20.9. The molecule has 0 saturated heterocycles. The van der Waals surface area contributed by atoms with E-state index in [1.807, 2.05) is 78.9 Å². The van der Waals surface area contributed by atoms with E-state index >= 15 is 0 Å². The molecule has 3 aromatic rings. The van der Waals surface area contributed by atoms with Crippen molar-refractivity contribution in [3.63, 3.8) is 0 Å². The number of methoxy groups -OCH3 is 1. The van der Waals surface area contributed by atoms with Crippen LogP contribution in [0.25, 0.3) is 0 Å². The van der Waals surface area contributed by atoms with E-state index in [4.69, 9.17) is 16.3 Å². The van der Waals surface area contributed by atoms with Gasteiger partial charge in [-0.2, -0.15) is 0 Å². The van der Waals surface area contributed by atoms with E-state index in [0.29, 0.717) is 35.9 Å². The van der Waals surface area contributed by atoms with Crippen molar-refractivity contribution in [3.05, 3.63) is 95.0 Å². The van der Waals surface area contributed by atoms with Gasteiger partial charge in [0.25, 0.3) is 0 Å². The van der Waals surface area contributed by atoms with E-state index in [0.717, 1.165) is 16.0 Å². The van der Waals surface area contributed by atoms with Crippen molar-refractivity contribution < 1.29 is 14.3 Å². The molecule has 34 heavy (non-hydrogen) atoms. The fourth-order valence-electron chi connectivity index (χ4n) is 3.62. The van der Waals surface area contributed by atoms with Crippen LogP contribution in [-0.2, 0) is 22.6 Å². The van der Waals surface area contributed by atoms with Crippen molar-refractivity contribution in [3.8, 4) is 5.75 Å². The van der Waals surface area contributed by atoms with Crippen molar-refractivity contribution in [1.29, 1.82) is 0 Å². The molecule has 0 bridgehead atoms. The van der Waals surface area contributed by atoms with Crippen LogP contribution >= 0.6 is 23.4 Å². The summed E-state index contributed by atoms with van der Waals surface area (Å²) in [6, 6.07) is 24.3. The van der Waals surface area contributed by atoms with Crippen LogP contribution in [0.2, 0.25) is 5.02 Å². The highest BCUT2D eigenvalue weighted by atomic mass is 35.5. The normalized spacial score (nSPS) is 11.5. The number of amides is 2. The van der Waals surface area contributed by atoms with Crippen LogP contribution in [0.3, 0.4) is 0 Å². The molecule has 1 atom stereocenters. The number of nitrogens with zero attached hydrogens (tertiary/aromatic N) is 1. The van der Waals surface area contributed by atoms with E-state index in [1.165, 1.54) is 0 Å². The SMILES string of the molecule is CNC(=O)[C@@H](Cc1ccccc1)N(Cc1cccc(OC)c1)C(=O)CCSc1ccc(Cl)cc1. The first-order valence-electron chi connectivity index (χ1n) is 11.1. The Labute approximate surface area is 210 Å². The van der Waals surface area contributed by atoms with E-state index in [-0.39, 0.29) is 11.8 Å². The molecule has 3 aromatic carbocycles. The van der Waals surface area contributed by atoms with Crippen LogP contribution < -0.4 is 10.1 Å². The highest BCUT2D eigenvalue weighted by Gasteiger charge is 2.29. The molecule has 1 N–H and O–H groups in total. The molecule has 5 nitrogen and oxygen atoms in total. The number of carbonyl (C=O) groups excluding carboxylic acids is 2. The Balaban J connectivity index is 1.81. The van der Waals surface area contributed by atoms with Gasteiger partial charge in [-0.1, -0.05) is 54.1 Å². The van der Waals surface area contributed by atoms with Gasteiger partial charge in [-0.3, -0.25) is 9.59 Å². The van der Waals surface area contributed by atoms with E-state index in [9.17, 15) is 9.59 Å². The van der Waals surface area contributed by atoms with E-state index in [2.05, 4.69) is 5.32 Å². The lowest BCUT2D eigenvalue weighted by Gasteiger charge is -2.31. The minimum absolute atomic E-state index is 0.0752. The number of ether oxygens (including phenoxy) is 1. The van der Waals surface area contributed by atoms with Gasteiger partial charge < -0.3 is 15.0 Å². The number of carbonyl (C=O) groups is 2. The summed E-state index contributed by atoms with van der Waals surface area (Å²) in [6.07, 6.45) is 0.736. The van der Waals surface area contributed by atoms with Crippen LogP contribution in [0.1, 0.15) is 17.5 Å². The number of nitrogens with one attached hydrogen (secondary N) is 1. The lowest BCUT2D eigenvalue weighted by atomic mass is 10.0. The van der Waals surface area contributed by atoms with Gasteiger partial charge in [-0.15, -0.1) is 11.8 Å². The first-order valence-corrected chi connectivity index (χ1v) is 12.4. The molecule has 0 aliphatic carbocycles. The summed E-state index contributed by atoms with van der Waals surface area (Å²) >= 11 is 7.55. The lowest BCUT2D eigenvalue weighted by Crippen LogP contribution is -2.49. The van der Waals surface area contributed by atoms with Crippen LogP contribution in [0.5, 0.6) is 5.75 Å². The third-order valence-electron chi connectivity index (χ3n) is 5.40. The molecule has 3 rings (SSSR count). The summed E-state index contributed by atoms with van der Waals surface area (Å²) in [7, 11) is 3.21. The van der Waals surface area contributed by atoms with Crippen LogP contribution in [0, 0.1) is 0 Å². The molecule has 0 aromatic heterocycles. The number of halogens is 1. The van der Waals surface area contributed by atoms with Crippen LogP contribution in [0.15, 0.2) is 83.8 Å². The molecule has 0 heterocycles. The third-order valence-corrected chi connectivity index (χ3v) is 6.67. The number of likely N-dealkylation sites (N-methyl/N-ethyl adjacent to an activating group) is 1. The van der Waals surface area contributed by atoms with Gasteiger partial charge in [0, 0.05) is 42.1 Å². The fourth-order valence-corrected chi connectivity index (χ4v) is 4.59. The number of thioether (sulfide) groups is 1. The highest BCUT2D eigenvalue weighted by Crippen LogP contribution is 2.23. The van der Waals surface area contributed by atoms with Gasteiger partial charge >= 0.3 is 0 Å². The Bertz CT molecular complexity index is 1080. The van der Waals surface area contributed by atoms with Gasteiger partial charge in [-0.25, -0.2) is 0 Å². The Hall–Kier alpha value is -2.96. The summed E-state index contributed by atoms with van der Waals surface area (Å²) in [5.74, 6) is 1.04. The lowest BCUT2D eigenvalue weighted by molar-refractivity contribution is -0.140. The van der Waals surface area contributed by atoms with E-state index < -0.39 is 6.04 Å². The average molecular weight is 497 g/mol. The fraction of sp³-hybridized carbons (Fsp3) is 0.259. The second-order valence-corrected chi connectivity index (χ2v) is 9.35. The van der Waals surface area contributed by atoms with Crippen molar-refractivity contribution in [2.24, 2.45) is 0 Å². The van der Waals surface area contributed by atoms with Crippen molar-refractivity contribution in [2.75, 3.05) is 19.9 Å². The average Bonchev–Trinajstić information content (AvgIpc) is 2.87. The smallest absolute Gasteiger partial charge is 0.242 e. The maximum atomic E-state index is 13.5. The Morgan fingerprint density at radius 3 is 2.38 bits per heavy atom. The van der Waals surface area contributed by atoms with Crippen LogP contribution in [-0.4, -0.2) is 42.7 Å². The molecule has 0 spiro atoms. The number of hydrogen-bond donors (Lipinski definition) is 1. The molecule has 0 aliphatic heterocycles. The van der Waals surface area contributed by atoms with Gasteiger partial charge in [0.1, 0.15) is 11.8 Å². The number of rotatable bonds is 11. The highest BCUT2D eigenvalue weighted by molar-refractivity contribution is 7.99. The first-order chi connectivity index (χ1) is 16.5. The molecule has 0 saturated carbocycles. The van der Waals surface area contributed by atoms with Crippen molar-refractivity contribution >= 4 is 35.2 Å². The zero-order chi connectivity index (χ0) is 24.3. The molecule has 7 heteroatoms. The summed E-state index contributed by atoms with van der Waals surface area (Å²) in [4.78, 5) is 29.2. The van der Waals surface area contributed by atoms with Crippen molar-refractivity contribution in [1.82, 2.24) is 10.2 Å². The second kappa shape index (κ2) is 13.1. The molecule has 0 unspecified atom stereocenters. The minimum atomic E-state index is -0.633. The standard InChI is InChI=1S/C27H29ClN2O3S/c1-29-27(32)25(18-20-7-4-3-5-8-20)30(19-21-9-6-10-23(17-21)33-2)26(31)15-16-34-24-13-11-22(28)12-14-24/h3-14,17,25H,15-16,18-19H2,1-2H3,(H,29,32)/t25-/m1/s1. The molecule has 0 radical (unpaired) electrons. The summed E-state index contributed by atoms with van der Waals surface area (Å²) in [5.41, 5.74) is 1.90. The van der Waals surface area contributed by atoms with Crippen LogP contribution in [0.4, 0.5) is 0 Å². The molecular formula is C27H29ClN2O3S. The van der Waals surface area contributed by atoms with E-state index in [1.54, 1.807) is 30.8 Å². The summed E-state index contributed by atoms with van der Waals surface area (Å²) < 4.78 is 5.35. The second-order valence-electron chi connectivity index (χ2n) is 7.75. The molecule has 2 amide bonds. The molecule has 0 aliphatic rings. The van der Waals surface area contributed by atoms with Gasteiger partial charge in [0.2, 0.25) is 11.8 Å². The summed E-state index contributed by atoms with van der Waals surface area (Å²) in [6.45, 7) is 0.312. The minimum Gasteiger partial charge on any atom is -0.497 e. The molecule has 178 valence electrons. The quantitative estimate of drug-likeness (QED) is 0.370.